The third-order valence-corrected chi connectivity index (χ3v) is 9.21. The zero-order chi connectivity index (χ0) is 31.1. The van der Waals surface area contributed by atoms with Crippen LogP contribution in [0.4, 0.5) is 18.0 Å². The van der Waals surface area contributed by atoms with Crippen molar-refractivity contribution in [3.05, 3.63) is 88.2 Å². The van der Waals surface area contributed by atoms with Crippen LogP contribution in [0.15, 0.2) is 54.6 Å². The molecule has 0 unspecified atom stereocenters. The number of hydrogen-bond acceptors (Lipinski definition) is 5. The molecule has 6 rings (SSSR count). The molecule has 1 aromatic heterocycles. The maximum Gasteiger partial charge on any atom is 0.416 e. The van der Waals surface area contributed by atoms with Crippen molar-refractivity contribution >= 4 is 12.0 Å². The maximum atomic E-state index is 13.2. The number of nitrogens with zero attached hydrogens (tertiary/aromatic N) is 5. The van der Waals surface area contributed by atoms with E-state index < -0.39 is 17.3 Å². The van der Waals surface area contributed by atoms with Gasteiger partial charge in [-0.1, -0.05) is 24.3 Å². The van der Waals surface area contributed by atoms with Gasteiger partial charge in [-0.3, -0.25) is 19.3 Å². The molecule has 0 aliphatic carbocycles. The van der Waals surface area contributed by atoms with E-state index in [1.165, 1.54) is 12.1 Å². The number of ether oxygens (including phenoxy) is 1. The molecule has 2 amide bonds. The molecule has 234 valence electrons. The van der Waals surface area contributed by atoms with Crippen LogP contribution in [0.3, 0.4) is 0 Å². The molecule has 3 aliphatic rings. The van der Waals surface area contributed by atoms with Crippen LogP contribution >= 0.6 is 0 Å². The van der Waals surface area contributed by atoms with E-state index in [1.54, 1.807) is 4.90 Å². The first-order valence-electron chi connectivity index (χ1n) is 15.3. The van der Waals surface area contributed by atoms with Gasteiger partial charge in [0.25, 0.3) is 5.91 Å². The van der Waals surface area contributed by atoms with E-state index in [0.717, 1.165) is 47.5 Å². The van der Waals surface area contributed by atoms with E-state index in [9.17, 15) is 22.8 Å². The Hall–Kier alpha value is -3.86. The van der Waals surface area contributed by atoms with Crippen molar-refractivity contribution in [2.45, 2.75) is 70.4 Å². The van der Waals surface area contributed by atoms with Crippen molar-refractivity contribution < 1.29 is 27.5 Å². The second kappa shape index (κ2) is 11.9. The fraction of sp³-hybridized carbons (Fsp3) is 0.485. The number of carbonyl (C=O) groups is 2. The summed E-state index contributed by atoms with van der Waals surface area (Å²) in [7, 11) is 0. The number of alkyl halides is 3. The molecule has 0 bridgehead atoms. The van der Waals surface area contributed by atoms with Crippen LogP contribution in [0.25, 0.3) is 0 Å². The number of amides is 2. The summed E-state index contributed by atoms with van der Waals surface area (Å²) in [5.74, 6) is 0.0194. The minimum Gasteiger partial charge on any atom is -0.441 e. The van der Waals surface area contributed by atoms with E-state index in [0.29, 0.717) is 70.3 Å². The van der Waals surface area contributed by atoms with Gasteiger partial charge in [-0.2, -0.15) is 18.3 Å². The van der Waals surface area contributed by atoms with Gasteiger partial charge in [-0.15, -0.1) is 0 Å². The smallest absolute Gasteiger partial charge is 0.416 e. The van der Waals surface area contributed by atoms with E-state index in [-0.39, 0.29) is 12.0 Å². The summed E-state index contributed by atoms with van der Waals surface area (Å²) in [5.41, 5.74) is 3.35. The summed E-state index contributed by atoms with van der Waals surface area (Å²) in [4.78, 5) is 31.8. The van der Waals surface area contributed by atoms with Crippen molar-refractivity contribution in [3.8, 4) is 0 Å². The lowest BCUT2D eigenvalue weighted by molar-refractivity contribution is -0.137. The zero-order valence-corrected chi connectivity index (χ0v) is 25.1. The second-order valence-corrected chi connectivity index (χ2v) is 12.5. The normalized spacial score (nSPS) is 19.5. The molecule has 44 heavy (non-hydrogen) atoms. The Bertz CT molecular complexity index is 1490. The number of halogens is 3. The lowest BCUT2D eigenvalue weighted by Crippen LogP contribution is -2.46. The average molecular weight is 610 g/mol. The largest absolute Gasteiger partial charge is 0.441 e. The first-order chi connectivity index (χ1) is 21.0. The molecule has 11 heteroatoms. The Morgan fingerprint density at radius 1 is 0.932 bits per heavy atom. The molecular formula is C33H38F3N5O3. The molecular weight excluding hydrogens is 571 g/mol. The predicted molar refractivity (Wildman–Crippen MR) is 158 cm³/mol. The van der Waals surface area contributed by atoms with Crippen LogP contribution in [0.2, 0.25) is 0 Å². The number of benzene rings is 2. The Morgan fingerprint density at radius 3 is 2.14 bits per heavy atom. The number of aryl methyl sites for hydroxylation is 2. The van der Waals surface area contributed by atoms with Crippen LogP contribution < -0.4 is 0 Å². The first-order valence-corrected chi connectivity index (χ1v) is 15.3. The van der Waals surface area contributed by atoms with E-state index in [1.807, 2.05) is 36.1 Å². The van der Waals surface area contributed by atoms with Gasteiger partial charge in [0.05, 0.1) is 23.8 Å². The van der Waals surface area contributed by atoms with Gasteiger partial charge in [0.2, 0.25) is 0 Å². The van der Waals surface area contributed by atoms with Gasteiger partial charge in [0.1, 0.15) is 5.60 Å². The van der Waals surface area contributed by atoms with Crippen molar-refractivity contribution in [1.29, 1.82) is 0 Å². The van der Waals surface area contributed by atoms with Gasteiger partial charge >= 0.3 is 12.3 Å². The molecule has 3 fully saturated rings. The average Bonchev–Trinajstić information content (AvgIpc) is 3.50. The Morgan fingerprint density at radius 2 is 1.55 bits per heavy atom. The summed E-state index contributed by atoms with van der Waals surface area (Å²) in [5, 5.41) is 4.62. The number of rotatable bonds is 6. The van der Waals surface area contributed by atoms with Crippen LogP contribution in [0.1, 0.15) is 70.2 Å². The van der Waals surface area contributed by atoms with E-state index in [2.05, 4.69) is 27.7 Å². The first kappa shape index (κ1) is 30.2. The Kier molecular flexibility index (Phi) is 8.17. The summed E-state index contributed by atoms with van der Waals surface area (Å²) < 4.78 is 46.6. The highest BCUT2D eigenvalue weighted by Crippen LogP contribution is 2.35. The van der Waals surface area contributed by atoms with Gasteiger partial charge in [-0.25, -0.2) is 4.79 Å². The predicted octanol–water partition coefficient (Wildman–Crippen LogP) is 5.98. The standard InChI is InChI=1S/C33H38F3N5O3/c1-23-19-24(2)41(37-23)29-11-15-39(16-12-29)30(42)27-7-3-26(4-8-27)21-40-22-32(44-31(40)43)13-17-38(18-14-32)20-25-5-9-28(10-6-25)33(34,35)36/h3-10,19,29H,11-18,20-22H2,1-2H3. The van der Waals surface area contributed by atoms with Crippen molar-refractivity contribution in [2.24, 2.45) is 0 Å². The van der Waals surface area contributed by atoms with Gasteiger partial charge in [-0.05, 0) is 68.1 Å². The summed E-state index contributed by atoms with van der Waals surface area (Å²) in [6.45, 7) is 8.27. The molecule has 0 saturated carbocycles. The minimum absolute atomic E-state index is 0.0194. The number of piperidine rings is 2. The molecule has 3 aliphatic heterocycles. The highest BCUT2D eigenvalue weighted by Gasteiger charge is 2.46. The fourth-order valence-corrected chi connectivity index (χ4v) is 6.74. The minimum atomic E-state index is -4.34. The highest BCUT2D eigenvalue weighted by atomic mass is 19.4. The van der Waals surface area contributed by atoms with Gasteiger partial charge in [0, 0.05) is 63.4 Å². The third-order valence-electron chi connectivity index (χ3n) is 9.21. The SMILES string of the molecule is Cc1cc(C)n(C2CCN(C(=O)c3ccc(CN4CC5(CCN(Cc6ccc(C(F)(F)F)cc6)CC5)OC4=O)cc3)CC2)n1. The number of carbonyl (C=O) groups excluding carboxylic acids is 2. The highest BCUT2D eigenvalue weighted by molar-refractivity contribution is 5.94. The second-order valence-electron chi connectivity index (χ2n) is 12.5. The molecule has 4 heterocycles. The van der Waals surface area contributed by atoms with E-state index >= 15 is 0 Å². The fourth-order valence-electron chi connectivity index (χ4n) is 6.74. The number of aromatic nitrogens is 2. The Labute approximate surface area is 255 Å². The summed E-state index contributed by atoms with van der Waals surface area (Å²) >= 11 is 0. The van der Waals surface area contributed by atoms with Crippen LogP contribution in [0.5, 0.6) is 0 Å². The van der Waals surface area contributed by atoms with E-state index in [4.69, 9.17) is 4.74 Å². The lowest BCUT2D eigenvalue weighted by atomic mass is 9.91. The molecule has 3 saturated heterocycles. The molecule has 0 N–H and O–H groups in total. The quantitative estimate of drug-likeness (QED) is 0.344. The number of likely N-dealkylation sites (tertiary alicyclic amines) is 2. The molecule has 0 radical (unpaired) electrons. The monoisotopic (exact) mass is 609 g/mol. The molecule has 3 aromatic rings. The third kappa shape index (κ3) is 6.47. The molecule has 8 nitrogen and oxygen atoms in total. The summed E-state index contributed by atoms with van der Waals surface area (Å²) in [6.07, 6.45) is -1.61. The maximum absolute atomic E-state index is 13.2. The van der Waals surface area contributed by atoms with Crippen molar-refractivity contribution in [3.63, 3.8) is 0 Å². The lowest BCUT2D eigenvalue weighted by Gasteiger charge is -2.37. The van der Waals surface area contributed by atoms with Crippen LogP contribution in [-0.4, -0.2) is 74.8 Å². The zero-order valence-electron chi connectivity index (χ0n) is 25.1. The van der Waals surface area contributed by atoms with Gasteiger partial charge < -0.3 is 9.64 Å². The molecule has 0 atom stereocenters. The van der Waals surface area contributed by atoms with Crippen molar-refractivity contribution in [2.75, 3.05) is 32.7 Å². The molecule has 2 aromatic carbocycles. The molecule has 1 spiro atoms. The topological polar surface area (TPSA) is 70.9 Å². The Balaban J connectivity index is 0.980. The van der Waals surface area contributed by atoms with Crippen molar-refractivity contribution in [1.82, 2.24) is 24.5 Å². The number of hydrogen-bond donors (Lipinski definition) is 0. The van der Waals surface area contributed by atoms with Crippen LogP contribution in [0, 0.1) is 13.8 Å². The summed E-state index contributed by atoms with van der Waals surface area (Å²) in [6, 6.07) is 15.2. The van der Waals surface area contributed by atoms with Gasteiger partial charge in [0.15, 0.2) is 0 Å². The van der Waals surface area contributed by atoms with Crippen LogP contribution in [-0.2, 0) is 24.0 Å².